The zero-order valence-electron chi connectivity index (χ0n) is 13.2. The third-order valence-corrected chi connectivity index (χ3v) is 4.79. The number of hydrogen-bond donors (Lipinski definition) is 0. The smallest absolute Gasteiger partial charge is 0.233 e. The molecule has 1 aromatic carbocycles. The van der Waals surface area contributed by atoms with Crippen LogP contribution in [0, 0.1) is 0 Å². The summed E-state index contributed by atoms with van der Waals surface area (Å²) in [6.45, 7) is 3.96. The molecule has 1 amide bonds. The van der Waals surface area contributed by atoms with Crippen LogP contribution in [0.25, 0.3) is 11.0 Å². The molecule has 124 valence electrons. The zero-order valence-corrected chi connectivity index (χ0v) is 14.1. The van der Waals surface area contributed by atoms with Crippen LogP contribution in [-0.2, 0) is 20.8 Å². The number of para-hydroxylation sites is 2. The van der Waals surface area contributed by atoms with E-state index in [9.17, 15) is 4.79 Å². The highest BCUT2D eigenvalue weighted by Gasteiger charge is 2.18. The van der Waals surface area contributed by atoms with Crippen LogP contribution in [0.4, 0.5) is 0 Å². The van der Waals surface area contributed by atoms with Crippen molar-refractivity contribution in [2.24, 2.45) is 0 Å². The number of hydrogen-bond acceptors (Lipinski definition) is 5. The van der Waals surface area contributed by atoms with Crippen molar-refractivity contribution >= 4 is 28.7 Å². The number of morpholine rings is 1. The first-order chi connectivity index (χ1) is 11.3. The Morgan fingerprint density at radius 2 is 2.13 bits per heavy atom. The molecule has 0 bridgehead atoms. The number of fused-ring (bicyclic) bond motifs is 1. The first-order valence-electron chi connectivity index (χ1n) is 7.72. The van der Waals surface area contributed by atoms with Crippen molar-refractivity contribution < 1.29 is 14.3 Å². The average molecular weight is 335 g/mol. The summed E-state index contributed by atoms with van der Waals surface area (Å²) in [5, 5.41) is 0.866. The maximum Gasteiger partial charge on any atom is 0.233 e. The zero-order chi connectivity index (χ0) is 16.1. The Morgan fingerprint density at radius 1 is 1.35 bits per heavy atom. The van der Waals surface area contributed by atoms with E-state index in [2.05, 4.69) is 9.55 Å². The monoisotopic (exact) mass is 335 g/mol. The summed E-state index contributed by atoms with van der Waals surface area (Å²) in [5.74, 6) is 0.541. The van der Waals surface area contributed by atoms with Gasteiger partial charge in [0.25, 0.3) is 0 Å². The Hall–Kier alpha value is -1.57. The number of nitrogens with zero attached hydrogens (tertiary/aromatic N) is 3. The van der Waals surface area contributed by atoms with Crippen LogP contribution in [0.15, 0.2) is 29.4 Å². The molecular weight excluding hydrogens is 314 g/mol. The molecule has 6 nitrogen and oxygen atoms in total. The van der Waals surface area contributed by atoms with Gasteiger partial charge in [0, 0.05) is 26.7 Å². The summed E-state index contributed by atoms with van der Waals surface area (Å²) in [6, 6.07) is 8.02. The molecule has 0 radical (unpaired) electrons. The maximum atomic E-state index is 12.3. The van der Waals surface area contributed by atoms with Crippen molar-refractivity contribution in [1.82, 2.24) is 14.5 Å². The van der Waals surface area contributed by atoms with Gasteiger partial charge in [0.15, 0.2) is 5.16 Å². The normalized spacial score (nSPS) is 15.3. The second kappa shape index (κ2) is 7.81. The molecule has 0 unspecified atom stereocenters. The topological polar surface area (TPSA) is 56.6 Å². The van der Waals surface area contributed by atoms with E-state index in [1.165, 1.54) is 11.8 Å². The lowest BCUT2D eigenvalue weighted by atomic mass is 10.3. The average Bonchev–Trinajstić information content (AvgIpc) is 2.96. The number of thioether (sulfide) groups is 1. The number of methoxy groups -OCH3 is 1. The van der Waals surface area contributed by atoms with Gasteiger partial charge in [-0.3, -0.25) is 4.79 Å². The number of aromatic nitrogens is 2. The predicted molar refractivity (Wildman–Crippen MR) is 89.7 cm³/mol. The van der Waals surface area contributed by atoms with Crippen LogP contribution in [0.1, 0.15) is 0 Å². The third kappa shape index (κ3) is 3.85. The van der Waals surface area contributed by atoms with Gasteiger partial charge in [-0.25, -0.2) is 4.98 Å². The number of ether oxygens (including phenoxy) is 2. The quantitative estimate of drug-likeness (QED) is 0.751. The molecule has 1 aromatic heterocycles. The van der Waals surface area contributed by atoms with Crippen molar-refractivity contribution in [2.45, 2.75) is 11.7 Å². The molecule has 2 aromatic rings. The molecule has 2 heterocycles. The minimum atomic E-state index is 0.142. The van der Waals surface area contributed by atoms with Crippen LogP contribution in [-0.4, -0.2) is 66.1 Å². The minimum absolute atomic E-state index is 0.142. The Bertz CT molecular complexity index is 668. The molecule has 1 fully saturated rings. The highest BCUT2D eigenvalue weighted by molar-refractivity contribution is 7.99. The van der Waals surface area contributed by atoms with Crippen molar-refractivity contribution in [2.75, 3.05) is 45.8 Å². The number of amides is 1. The predicted octanol–water partition coefficient (Wildman–Crippen LogP) is 1.63. The van der Waals surface area contributed by atoms with E-state index < -0.39 is 0 Å². The SMILES string of the molecule is COCCn1c(SCC(=O)N2CCOCC2)nc2ccccc21. The fraction of sp³-hybridized carbons (Fsp3) is 0.500. The van der Waals surface area contributed by atoms with Gasteiger partial charge >= 0.3 is 0 Å². The van der Waals surface area contributed by atoms with Gasteiger partial charge in [-0.15, -0.1) is 0 Å². The van der Waals surface area contributed by atoms with Crippen LogP contribution >= 0.6 is 11.8 Å². The first kappa shape index (κ1) is 16.3. The van der Waals surface area contributed by atoms with Gasteiger partial charge in [0.1, 0.15) is 0 Å². The van der Waals surface area contributed by atoms with Gasteiger partial charge in [0.2, 0.25) is 5.91 Å². The van der Waals surface area contributed by atoms with Gasteiger partial charge in [-0.2, -0.15) is 0 Å². The van der Waals surface area contributed by atoms with Crippen molar-refractivity contribution in [3.05, 3.63) is 24.3 Å². The first-order valence-corrected chi connectivity index (χ1v) is 8.70. The van der Waals surface area contributed by atoms with Crippen molar-refractivity contribution in [3.63, 3.8) is 0 Å². The number of rotatable bonds is 6. The Morgan fingerprint density at radius 3 is 2.91 bits per heavy atom. The number of carbonyl (C=O) groups is 1. The summed E-state index contributed by atoms with van der Waals surface area (Å²) < 4.78 is 12.6. The molecule has 0 aliphatic carbocycles. The van der Waals surface area contributed by atoms with Crippen molar-refractivity contribution in [1.29, 1.82) is 0 Å². The molecule has 0 atom stereocenters. The lowest BCUT2D eigenvalue weighted by Crippen LogP contribution is -2.41. The van der Waals surface area contributed by atoms with Crippen LogP contribution in [0.5, 0.6) is 0 Å². The van der Waals surface area contributed by atoms with E-state index in [1.54, 1.807) is 7.11 Å². The lowest BCUT2D eigenvalue weighted by Gasteiger charge is -2.26. The maximum absolute atomic E-state index is 12.3. The van der Waals surface area contributed by atoms with Gasteiger partial charge in [0.05, 0.1) is 36.6 Å². The van der Waals surface area contributed by atoms with E-state index in [0.29, 0.717) is 38.7 Å². The third-order valence-electron chi connectivity index (χ3n) is 3.83. The summed E-state index contributed by atoms with van der Waals surface area (Å²) in [4.78, 5) is 18.8. The largest absolute Gasteiger partial charge is 0.383 e. The molecule has 0 spiro atoms. The van der Waals surface area contributed by atoms with Gasteiger partial charge < -0.3 is 18.9 Å². The van der Waals surface area contributed by atoms with E-state index in [4.69, 9.17) is 9.47 Å². The molecule has 0 N–H and O–H groups in total. The molecule has 1 saturated heterocycles. The van der Waals surface area contributed by atoms with E-state index >= 15 is 0 Å². The molecule has 7 heteroatoms. The van der Waals surface area contributed by atoms with Crippen LogP contribution in [0.2, 0.25) is 0 Å². The van der Waals surface area contributed by atoms with E-state index in [-0.39, 0.29) is 5.91 Å². The number of imidazole rings is 1. The number of benzene rings is 1. The highest BCUT2D eigenvalue weighted by Crippen LogP contribution is 2.24. The van der Waals surface area contributed by atoms with Crippen LogP contribution in [0.3, 0.4) is 0 Å². The lowest BCUT2D eigenvalue weighted by molar-refractivity contribution is -0.132. The summed E-state index contributed by atoms with van der Waals surface area (Å²) in [7, 11) is 1.69. The van der Waals surface area contributed by atoms with Gasteiger partial charge in [-0.1, -0.05) is 23.9 Å². The van der Waals surface area contributed by atoms with E-state index in [1.807, 2.05) is 29.2 Å². The molecular formula is C16H21N3O3S. The molecule has 1 aliphatic rings. The molecule has 0 saturated carbocycles. The molecule has 1 aliphatic heterocycles. The van der Waals surface area contributed by atoms with Crippen LogP contribution < -0.4 is 0 Å². The summed E-state index contributed by atoms with van der Waals surface area (Å²) >= 11 is 1.49. The molecule has 3 rings (SSSR count). The Balaban J connectivity index is 1.72. The van der Waals surface area contributed by atoms with Gasteiger partial charge in [-0.05, 0) is 12.1 Å². The Labute approximate surface area is 139 Å². The second-order valence-electron chi connectivity index (χ2n) is 5.31. The minimum Gasteiger partial charge on any atom is -0.383 e. The fourth-order valence-corrected chi connectivity index (χ4v) is 3.54. The fourth-order valence-electron chi connectivity index (χ4n) is 2.59. The Kier molecular flexibility index (Phi) is 5.53. The van der Waals surface area contributed by atoms with E-state index in [0.717, 1.165) is 22.7 Å². The number of carbonyl (C=O) groups excluding carboxylic acids is 1. The molecule has 23 heavy (non-hydrogen) atoms. The standard InChI is InChI=1S/C16H21N3O3S/c1-21-9-8-19-14-5-3-2-4-13(14)17-16(19)23-12-15(20)18-6-10-22-11-7-18/h2-5H,6-12H2,1H3. The summed E-state index contributed by atoms with van der Waals surface area (Å²) in [6.07, 6.45) is 0. The highest BCUT2D eigenvalue weighted by atomic mass is 32.2. The second-order valence-corrected chi connectivity index (χ2v) is 6.25. The van der Waals surface area contributed by atoms with Crippen molar-refractivity contribution in [3.8, 4) is 0 Å². The summed E-state index contributed by atoms with van der Waals surface area (Å²) in [5.41, 5.74) is 2.02.